The summed E-state index contributed by atoms with van der Waals surface area (Å²) >= 11 is 0. The van der Waals surface area contributed by atoms with Gasteiger partial charge >= 0.3 is 5.97 Å². The molecule has 0 spiro atoms. The highest BCUT2D eigenvalue weighted by atomic mass is 16.5. The molecule has 0 bridgehead atoms. The van der Waals surface area contributed by atoms with E-state index < -0.39 is 12.1 Å². The first kappa shape index (κ1) is 8.16. The third-order valence-electron chi connectivity index (χ3n) is 1.18. The molecular formula is C6H5N3O3. The molecule has 6 heteroatoms. The van der Waals surface area contributed by atoms with Gasteiger partial charge in [-0.1, -0.05) is 5.11 Å². The molecule has 0 aromatic heterocycles. The lowest BCUT2D eigenvalue weighted by Gasteiger charge is -2.11. The number of hydrogen-bond acceptors (Lipinski definition) is 3. The molecule has 1 aliphatic rings. The first-order chi connectivity index (χ1) is 5.74. The Morgan fingerprint density at radius 2 is 2.58 bits per heavy atom. The predicted octanol–water partition coefficient (Wildman–Crippen LogP) is 1.18. The Morgan fingerprint density at radius 1 is 1.83 bits per heavy atom. The monoisotopic (exact) mass is 167 g/mol. The molecule has 0 aromatic rings. The van der Waals surface area contributed by atoms with Crippen LogP contribution in [0.4, 0.5) is 0 Å². The van der Waals surface area contributed by atoms with Gasteiger partial charge in [-0.2, -0.15) is 0 Å². The van der Waals surface area contributed by atoms with Crippen LogP contribution in [0.1, 0.15) is 0 Å². The van der Waals surface area contributed by atoms with Gasteiger partial charge in [0.05, 0.1) is 12.0 Å². The Morgan fingerprint density at radius 3 is 3.00 bits per heavy atom. The molecule has 0 radical (unpaired) electrons. The van der Waals surface area contributed by atoms with E-state index in [2.05, 4.69) is 10.0 Å². The Hall–Kier alpha value is -1.94. The lowest BCUT2D eigenvalue weighted by molar-refractivity contribution is -0.144. The van der Waals surface area contributed by atoms with Crippen molar-refractivity contribution in [3.8, 4) is 0 Å². The van der Waals surface area contributed by atoms with Crippen LogP contribution in [0.25, 0.3) is 10.4 Å². The predicted molar refractivity (Wildman–Crippen MR) is 38.9 cm³/mol. The highest BCUT2D eigenvalue weighted by Crippen LogP contribution is 2.10. The zero-order valence-corrected chi connectivity index (χ0v) is 5.91. The molecule has 1 N–H and O–H groups in total. The maximum absolute atomic E-state index is 10.3. The third kappa shape index (κ3) is 1.77. The number of rotatable bonds is 2. The summed E-state index contributed by atoms with van der Waals surface area (Å²) in [5, 5.41) is 11.7. The number of carboxylic acids is 1. The van der Waals surface area contributed by atoms with Gasteiger partial charge in [0, 0.05) is 4.91 Å². The lowest BCUT2D eigenvalue weighted by Crippen LogP contribution is -2.20. The second-order valence-corrected chi connectivity index (χ2v) is 1.99. The average Bonchev–Trinajstić information content (AvgIpc) is 2.06. The van der Waals surface area contributed by atoms with Crippen molar-refractivity contribution in [2.75, 3.05) is 0 Å². The summed E-state index contributed by atoms with van der Waals surface area (Å²) in [7, 11) is 0. The molecule has 1 unspecified atom stereocenters. The van der Waals surface area contributed by atoms with Gasteiger partial charge in [0.25, 0.3) is 0 Å². The number of allylic oxidation sites excluding steroid dienone is 1. The second kappa shape index (κ2) is 3.45. The van der Waals surface area contributed by atoms with E-state index in [9.17, 15) is 4.79 Å². The Labute approximate surface area is 67.4 Å². The van der Waals surface area contributed by atoms with Crippen LogP contribution in [0, 0.1) is 0 Å². The molecule has 62 valence electrons. The number of nitrogens with zero attached hydrogens (tertiary/aromatic N) is 3. The molecule has 1 atom stereocenters. The number of azide groups is 1. The maximum atomic E-state index is 10.3. The second-order valence-electron chi connectivity index (χ2n) is 1.99. The van der Waals surface area contributed by atoms with E-state index in [1.807, 2.05) is 0 Å². The standard InChI is InChI=1S/C6H5N3O3/c7-9-8-4-1-2-5(6(10)11)12-3-4/h1-3,5H,(H,10,11). The van der Waals surface area contributed by atoms with Crippen LogP contribution in [0.2, 0.25) is 0 Å². The number of ether oxygens (including phenoxy) is 1. The summed E-state index contributed by atoms with van der Waals surface area (Å²) < 4.78 is 4.69. The maximum Gasteiger partial charge on any atom is 0.349 e. The molecule has 0 fully saturated rings. The van der Waals surface area contributed by atoms with Crippen LogP contribution in [-0.2, 0) is 9.53 Å². The quantitative estimate of drug-likeness (QED) is 0.380. The van der Waals surface area contributed by atoms with Crippen molar-refractivity contribution >= 4 is 5.97 Å². The zero-order valence-electron chi connectivity index (χ0n) is 5.91. The van der Waals surface area contributed by atoms with Gasteiger partial charge < -0.3 is 9.84 Å². The first-order valence-electron chi connectivity index (χ1n) is 3.06. The van der Waals surface area contributed by atoms with Crippen molar-refractivity contribution in [1.29, 1.82) is 0 Å². The van der Waals surface area contributed by atoms with E-state index in [4.69, 9.17) is 15.4 Å². The topological polar surface area (TPSA) is 95.3 Å². The van der Waals surface area contributed by atoms with E-state index in [1.54, 1.807) is 0 Å². The molecule has 0 aromatic carbocycles. The van der Waals surface area contributed by atoms with Crippen LogP contribution in [-0.4, -0.2) is 17.2 Å². The summed E-state index contributed by atoms with van der Waals surface area (Å²) in [6, 6.07) is 0. The number of carbonyl (C=O) groups is 1. The van der Waals surface area contributed by atoms with Crippen LogP contribution >= 0.6 is 0 Å². The van der Waals surface area contributed by atoms with E-state index in [0.29, 0.717) is 0 Å². The minimum absolute atomic E-state index is 0.259. The van der Waals surface area contributed by atoms with Gasteiger partial charge in [-0.3, -0.25) is 0 Å². The summed E-state index contributed by atoms with van der Waals surface area (Å²) in [6.07, 6.45) is 2.81. The fourth-order valence-corrected chi connectivity index (χ4v) is 0.663. The molecule has 0 amide bonds. The van der Waals surface area contributed by atoms with Crippen LogP contribution in [0.3, 0.4) is 0 Å². The van der Waals surface area contributed by atoms with Crippen LogP contribution in [0.15, 0.2) is 29.2 Å². The van der Waals surface area contributed by atoms with E-state index >= 15 is 0 Å². The highest BCUT2D eigenvalue weighted by Gasteiger charge is 2.16. The summed E-state index contributed by atoms with van der Waals surface area (Å²) in [5.74, 6) is -1.08. The van der Waals surface area contributed by atoms with Crippen molar-refractivity contribution in [2.45, 2.75) is 6.10 Å². The first-order valence-corrected chi connectivity index (χ1v) is 3.06. The molecule has 0 aliphatic carbocycles. The molecule has 1 heterocycles. The fraction of sp³-hybridized carbons (Fsp3) is 0.167. The number of aliphatic carboxylic acids is 1. The molecule has 6 nitrogen and oxygen atoms in total. The van der Waals surface area contributed by atoms with Crippen LogP contribution < -0.4 is 0 Å². The Balaban J connectivity index is 2.67. The molecule has 0 saturated carbocycles. The van der Waals surface area contributed by atoms with Crippen molar-refractivity contribution in [1.82, 2.24) is 0 Å². The van der Waals surface area contributed by atoms with Crippen molar-refractivity contribution < 1.29 is 14.6 Å². The molecule has 1 rings (SSSR count). The number of hydrogen-bond donors (Lipinski definition) is 1. The summed E-state index contributed by atoms with van der Waals surface area (Å²) in [6.45, 7) is 0. The SMILES string of the molecule is [N-]=[N+]=NC1=COC(C(=O)O)C=C1. The van der Waals surface area contributed by atoms with Crippen molar-refractivity contribution in [2.24, 2.45) is 5.11 Å². The molecule has 12 heavy (non-hydrogen) atoms. The lowest BCUT2D eigenvalue weighted by atomic mass is 10.2. The summed E-state index contributed by atoms with van der Waals surface area (Å²) in [4.78, 5) is 12.8. The fourth-order valence-electron chi connectivity index (χ4n) is 0.663. The van der Waals surface area contributed by atoms with Crippen LogP contribution in [0.5, 0.6) is 0 Å². The van der Waals surface area contributed by atoms with E-state index in [1.165, 1.54) is 12.2 Å². The Kier molecular flexibility index (Phi) is 2.35. The molecule has 0 saturated heterocycles. The van der Waals surface area contributed by atoms with Gasteiger partial charge in [-0.05, 0) is 17.7 Å². The van der Waals surface area contributed by atoms with Gasteiger partial charge in [-0.15, -0.1) is 0 Å². The summed E-state index contributed by atoms with van der Waals surface area (Å²) in [5.41, 5.74) is 8.26. The van der Waals surface area contributed by atoms with Gasteiger partial charge in [-0.25, -0.2) is 4.79 Å². The highest BCUT2D eigenvalue weighted by molar-refractivity contribution is 5.75. The minimum atomic E-state index is -1.08. The van der Waals surface area contributed by atoms with Crippen molar-refractivity contribution in [3.05, 3.63) is 34.6 Å². The minimum Gasteiger partial charge on any atom is -0.482 e. The average molecular weight is 167 g/mol. The van der Waals surface area contributed by atoms with Gasteiger partial charge in [0.15, 0.2) is 0 Å². The zero-order chi connectivity index (χ0) is 8.97. The normalized spacial score (nSPS) is 20.3. The van der Waals surface area contributed by atoms with Crippen molar-refractivity contribution in [3.63, 3.8) is 0 Å². The Bertz CT molecular complexity index is 301. The van der Waals surface area contributed by atoms with Gasteiger partial charge in [0.1, 0.15) is 0 Å². The van der Waals surface area contributed by atoms with E-state index in [-0.39, 0.29) is 5.70 Å². The molecule has 1 aliphatic heterocycles. The third-order valence-corrected chi connectivity index (χ3v) is 1.18. The van der Waals surface area contributed by atoms with Gasteiger partial charge in [0.2, 0.25) is 6.10 Å². The smallest absolute Gasteiger partial charge is 0.349 e. The number of carboxylic acid groups (broad SMARTS) is 1. The largest absolute Gasteiger partial charge is 0.482 e. The molecular weight excluding hydrogens is 162 g/mol. The van der Waals surface area contributed by atoms with E-state index in [0.717, 1.165) is 6.26 Å².